The molecule has 9 nitrogen and oxygen atoms in total. The fourth-order valence-corrected chi connectivity index (χ4v) is 5.54. The predicted octanol–water partition coefficient (Wildman–Crippen LogP) is 1.58. The third-order valence-corrected chi connectivity index (χ3v) is 7.78. The molecule has 3 amide bonds. The van der Waals surface area contributed by atoms with Gasteiger partial charge in [0, 0.05) is 44.7 Å². The molecule has 3 rings (SSSR count). The summed E-state index contributed by atoms with van der Waals surface area (Å²) < 4.78 is 27.5. The van der Waals surface area contributed by atoms with Crippen LogP contribution in [-0.4, -0.2) is 61.5 Å². The number of rotatable bonds is 8. The SMILES string of the molecule is Cc1ccc(C)c(S(=O)(=O)N2CCN(C(=O)CCC(=O)Nc3ccc(CC(N)=O)cc3)CC2)c1. The van der Waals surface area contributed by atoms with Crippen molar-refractivity contribution in [2.75, 3.05) is 31.5 Å². The summed E-state index contributed by atoms with van der Waals surface area (Å²) in [6, 6.07) is 12.1. The first-order chi connectivity index (χ1) is 16.1. The zero-order valence-corrected chi connectivity index (χ0v) is 20.2. The third-order valence-electron chi connectivity index (χ3n) is 5.73. The summed E-state index contributed by atoms with van der Waals surface area (Å²) in [5.41, 5.74) is 8.04. The van der Waals surface area contributed by atoms with Crippen molar-refractivity contribution in [1.82, 2.24) is 9.21 Å². The molecule has 0 aromatic heterocycles. The van der Waals surface area contributed by atoms with Gasteiger partial charge < -0.3 is 16.0 Å². The van der Waals surface area contributed by atoms with E-state index in [1.165, 1.54) is 4.31 Å². The molecule has 1 heterocycles. The second-order valence-electron chi connectivity index (χ2n) is 8.44. The first-order valence-corrected chi connectivity index (χ1v) is 12.5. The lowest BCUT2D eigenvalue weighted by molar-refractivity contribution is -0.133. The molecule has 182 valence electrons. The summed E-state index contributed by atoms with van der Waals surface area (Å²) in [7, 11) is -3.63. The van der Waals surface area contributed by atoms with Gasteiger partial charge in [0.1, 0.15) is 0 Å². The number of aryl methyl sites for hydroxylation is 2. The van der Waals surface area contributed by atoms with Gasteiger partial charge in [-0.3, -0.25) is 14.4 Å². The normalized spacial score (nSPS) is 14.6. The Morgan fingerprint density at radius 2 is 1.59 bits per heavy atom. The number of benzene rings is 2. The number of sulfonamides is 1. The maximum atomic E-state index is 13.0. The highest BCUT2D eigenvalue weighted by atomic mass is 32.2. The number of hydrogen-bond acceptors (Lipinski definition) is 5. The lowest BCUT2D eigenvalue weighted by atomic mass is 10.1. The molecular weight excluding hydrogens is 456 g/mol. The number of carbonyl (C=O) groups is 3. The van der Waals surface area contributed by atoms with Crippen molar-refractivity contribution in [3.05, 3.63) is 59.2 Å². The monoisotopic (exact) mass is 486 g/mol. The third kappa shape index (κ3) is 6.42. The van der Waals surface area contributed by atoms with E-state index in [2.05, 4.69) is 5.32 Å². The van der Waals surface area contributed by atoms with Crippen LogP contribution in [0.3, 0.4) is 0 Å². The average Bonchev–Trinajstić information content (AvgIpc) is 2.80. The maximum absolute atomic E-state index is 13.0. The molecule has 34 heavy (non-hydrogen) atoms. The van der Waals surface area contributed by atoms with Crippen molar-refractivity contribution in [2.45, 2.75) is 38.0 Å². The van der Waals surface area contributed by atoms with E-state index >= 15 is 0 Å². The molecule has 1 fully saturated rings. The Kier molecular flexibility index (Phi) is 8.06. The van der Waals surface area contributed by atoms with E-state index in [4.69, 9.17) is 5.73 Å². The van der Waals surface area contributed by atoms with Gasteiger partial charge >= 0.3 is 0 Å². The predicted molar refractivity (Wildman–Crippen MR) is 128 cm³/mol. The summed E-state index contributed by atoms with van der Waals surface area (Å²) in [5, 5.41) is 2.72. The van der Waals surface area contributed by atoms with Crippen LogP contribution in [0.5, 0.6) is 0 Å². The van der Waals surface area contributed by atoms with Crippen LogP contribution >= 0.6 is 0 Å². The second-order valence-corrected chi connectivity index (χ2v) is 10.3. The number of carbonyl (C=O) groups excluding carboxylic acids is 3. The molecule has 0 aliphatic carbocycles. The number of nitrogens with zero attached hydrogens (tertiary/aromatic N) is 2. The zero-order chi connectivity index (χ0) is 24.9. The summed E-state index contributed by atoms with van der Waals surface area (Å²) >= 11 is 0. The highest BCUT2D eigenvalue weighted by Crippen LogP contribution is 2.22. The van der Waals surface area contributed by atoms with Crippen molar-refractivity contribution >= 4 is 33.4 Å². The molecule has 3 N–H and O–H groups in total. The Bertz CT molecular complexity index is 1170. The van der Waals surface area contributed by atoms with E-state index in [1.54, 1.807) is 48.2 Å². The van der Waals surface area contributed by atoms with Crippen molar-refractivity contribution in [3.8, 4) is 0 Å². The van der Waals surface area contributed by atoms with Gasteiger partial charge in [-0.1, -0.05) is 24.3 Å². The van der Waals surface area contributed by atoms with E-state index in [1.807, 2.05) is 13.0 Å². The molecule has 0 unspecified atom stereocenters. The zero-order valence-electron chi connectivity index (χ0n) is 19.4. The second kappa shape index (κ2) is 10.8. The van der Waals surface area contributed by atoms with Gasteiger partial charge in [-0.25, -0.2) is 8.42 Å². The number of nitrogens with two attached hydrogens (primary N) is 1. The molecule has 1 saturated heterocycles. The molecule has 0 radical (unpaired) electrons. The topological polar surface area (TPSA) is 130 Å². The maximum Gasteiger partial charge on any atom is 0.243 e. The fraction of sp³-hybridized carbons (Fsp3) is 0.375. The van der Waals surface area contributed by atoms with Gasteiger partial charge in [-0.05, 0) is 48.7 Å². The van der Waals surface area contributed by atoms with Crippen molar-refractivity contribution in [3.63, 3.8) is 0 Å². The molecule has 0 saturated carbocycles. The smallest absolute Gasteiger partial charge is 0.243 e. The van der Waals surface area contributed by atoms with Gasteiger partial charge in [0.2, 0.25) is 27.7 Å². The Labute approximate surface area is 200 Å². The van der Waals surface area contributed by atoms with Crippen molar-refractivity contribution in [1.29, 1.82) is 0 Å². The van der Waals surface area contributed by atoms with Gasteiger partial charge in [0.05, 0.1) is 11.3 Å². The Morgan fingerprint density at radius 1 is 0.941 bits per heavy atom. The van der Waals surface area contributed by atoms with Crippen LogP contribution in [0.1, 0.15) is 29.5 Å². The highest BCUT2D eigenvalue weighted by molar-refractivity contribution is 7.89. The number of amides is 3. The molecule has 0 bridgehead atoms. The van der Waals surface area contributed by atoms with E-state index in [0.717, 1.165) is 11.1 Å². The minimum Gasteiger partial charge on any atom is -0.369 e. The molecular formula is C24H30N4O5S. The van der Waals surface area contributed by atoms with Gasteiger partial charge in [0.25, 0.3) is 0 Å². The van der Waals surface area contributed by atoms with Crippen LogP contribution in [0.2, 0.25) is 0 Å². The molecule has 2 aromatic rings. The van der Waals surface area contributed by atoms with Crippen molar-refractivity contribution in [2.24, 2.45) is 5.73 Å². The highest BCUT2D eigenvalue weighted by Gasteiger charge is 2.31. The van der Waals surface area contributed by atoms with Crippen LogP contribution < -0.4 is 11.1 Å². The molecule has 10 heteroatoms. The van der Waals surface area contributed by atoms with E-state index in [0.29, 0.717) is 16.1 Å². The minimum atomic E-state index is -3.63. The van der Waals surface area contributed by atoms with Gasteiger partial charge in [0.15, 0.2) is 0 Å². The summed E-state index contributed by atoms with van der Waals surface area (Å²) in [5.74, 6) is -0.915. The Balaban J connectivity index is 1.47. The van der Waals surface area contributed by atoms with E-state index in [9.17, 15) is 22.8 Å². The van der Waals surface area contributed by atoms with Crippen LogP contribution in [0.4, 0.5) is 5.69 Å². The number of piperazine rings is 1. The number of hydrogen-bond donors (Lipinski definition) is 2. The average molecular weight is 487 g/mol. The van der Waals surface area contributed by atoms with Crippen LogP contribution in [0, 0.1) is 13.8 Å². The molecule has 0 atom stereocenters. The van der Waals surface area contributed by atoms with Crippen LogP contribution in [0.25, 0.3) is 0 Å². The standard InChI is InChI=1S/C24H30N4O5S/c1-17-3-4-18(2)21(15-17)34(32,33)28-13-11-27(12-14-28)24(31)10-9-23(30)26-20-7-5-19(6-8-20)16-22(25)29/h3-8,15H,9-14,16H2,1-2H3,(H2,25,29)(H,26,30). The summed E-state index contributed by atoms with van der Waals surface area (Å²) in [6.45, 7) is 4.62. The Morgan fingerprint density at radius 3 is 2.21 bits per heavy atom. The fourth-order valence-electron chi connectivity index (χ4n) is 3.81. The molecule has 1 aliphatic rings. The minimum absolute atomic E-state index is 0.0167. The van der Waals surface area contributed by atoms with Crippen LogP contribution in [0.15, 0.2) is 47.4 Å². The first kappa shape index (κ1) is 25.4. The van der Waals surface area contributed by atoms with Crippen molar-refractivity contribution < 1.29 is 22.8 Å². The Hall–Kier alpha value is -3.24. The molecule has 0 spiro atoms. The number of nitrogens with one attached hydrogen (secondary N) is 1. The van der Waals surface area contributed by atoms with E-state index < -0.39 is 15.9 Å². The lowest BCUT2D eigenvalue weighted by Gasteiger charge is -2.34. The first-order valence-electron chi connectivity index (χ1n) is 11.1. The van der Waals surface area contributed by atoms with E-state index in [-0.39, 0.29) is 57.3 Å². The summed E-state index contributed by atoms with van der Waals surface area (Å²) in [4.78, 5) is 37.6. The van der Waals surface area contributed by atoms with Gasteiger partial charge in [-0.2, -0.15) is 4.31 Å². The molecule has 1 aliphatic heterocycles. The molecule has 2 aromatic carbocycles. The summed E-state index contributed by atoms with van der Waals surface area (Å²) in [6.07, 6.45) is 0.181. The van der Waals surface area contributed by atoms with Crippen LogP contribution in [-0.2, 0) is 30.8 Å². The van der Waals surface area contributed by atoms with Gasteiger partial charge in [-0.15, -0.1) is 0 Å². The number of anilines is 1. The largest absolute Gasteiger partial charge is 0.369 e. The quantitative estimate of drug-likeness (QED) is 0.585. The number of primary amides is 1. The lowest BCUT2D eigenvalue weighted by Crippen LogP contribution is -2.50.